The van der Waals surface area contributed by atoms with Crippen LogP contribution in [0.25, 0.3) is 0 Å². The number of piperidine rings is 1. The molecule has 1 aliphatic heterocycles. The Bertz CT molecular complexity index is 624. The van der Waals surface area contributed by atoms with Crippen molar-refractivity contribution in [3.8, 4) is 11.5 Å². The number of aliphatic imine (C=N–C) groups is 1. The normalized spacial score (nSPS) is 17.3. The predicted octanol–water partition coefficient (Wildman–Crippen LogP) is 2.67. The molecule has 1 fully saturated rings. The predicted molar refractivity (Wildman–Crippen MR) is 112 cm³/mol. The highest BCUT2D eigenvalue weighted by Gasteiger charge is 2.20. The van der Waals surface area contributed by atoms with Crippen LogP contribution >= 0.6 is 0 Å². The SMILES string of the molecule is C=C(C)CN1CCC(NC(=NC)NCC(C)Oc2ccccc2OC)CC1. The minimum Gasteiger partial charge on any atom is -0.493 e. The second kappa shape index (κ2) is 10.8. The molecule has 150 valence electrons. The molecule has 0 aromatic heterocycles. The molecule has 1 heterocycles. The fourth-order valence-electron chi connectivity index (χ4n) is 3.22. The van der Waals surface area contributed by atoms with Crippen LogP contribution in [0.15, 0.2) is 41.4 Å². The van der Waals surface area contributed by atoms with E-state index in [-0.39, 0.29) is 6.10 Å². The van der Waals surface area contributed by atoms with E-state index < -0.39 is 0 Å². The Morgan fingerprint density at radius 1 is 1.30 bits per heavy atom. The first-order chi connectivity index (χ1) is 13.0. The Labute approximate surface area is 163 Å². The summed E-state index contributed by atoms with van der Waals surface area (Å²) >= 11 is 0. The molecule has 1 saturated heterocycles. The zero-order chi connectivity index (χ0) is 19.6. The molecule has 1 unspecified atom stereocenters. The summed E-state index contributed by atoms with van der Waals surface area (Å²) in [5.74, 6) is 2.32. The highest BCUT2D eigenvalue weighted by atomic mass is 16.5. The third-order valence-electron chi connectivity index (χ3n) is 4.60. The van der Waals surface area contributed by atoms with Gasteiger partial charge >= 0.3 is 0 Å². The summed E-state index contributed by atoms with van der Waals surface area (Å²) in [7, 11) is 3.45. The smallest absolute Gasteiger partial charge is 0.191 e. The molecule has 2 rings (SSSR count). The van der Waals surface area contributed by atoms with Crippen molar-refractivity contribution in [2.24, 2.45) is 4.99 Å². The van der Waals surface area contributed by atoms with E-state index in [1.807, 2.05) is 31.2 Å². The molecule has 1 aromatic rings. The van der Waals surface area contributed by atoms with Crippen molar-refractivity contribution in [3.63, 3.8) is 0 Å². The van der Waals surface area contributed by atoms with Gasteiger partial charge in [0.1, 0.15) is 6.10 Å². The molecule has 1 atom stereocenters. The van der Waals surface area contributed by atoms with Gasteiger partial charge in [0.05, 0.1) is 13.7 Å². The Hall–Kier alpha value is -2.21. The van der Waals surface area contributed by atoms with Crippen LogP contribution in [0.1, 0.15) is 26.7 Å². The van der Waals surface area contributed by atoms with Crippen molar-refractivity contribution in [3.05, 3.63) is 36.4 Å². The molecule has 2 N–H and O–H groups in total. The molecule has 1 aliphatic rings. The maximum atomic E-state index is 5.99. The Morgan fingerprint density at radius 2 is 1.96 bits per heavy atom. The third kappa shape index (κ3) is 7.13. The zero-order valence-corrected chi connectivity index (χ0v) is 17.1. The molecule has 0 radical (unpaired) electrons. The monoisotopic (exact) mass is 374 g/mol. The average molecular weight is 375 g/mol. The first-order valence-corrected chi connectivity index (χ1v) is 9.65. The third-order valence-corrected chi connectivity index (χ3v) is 4.60. The number of guanidine groups is 1. The Balaban J connectivity index is 1.75. The van der Waals surface area contributed by atoms with E-state index in [2.05, 4.69) is 34.0 Å². The van der Waals surface area contributed by atoms with Gasteiger partial charge in [0.15, 0.2) is 17.5 Å². The van der Waals surface area contributed by atoms with E-state index in [1.165, 1.54) is 5.57 Å². The Kier molecular flexibility index (Phi) is 8.45. The van der Waals surface area contributed by atoms with Gasteiger partial charge in [-0.1, -0.05) is 24.3 Å². The number of methoxy groups -OCH3 is 1. The van der Waals surface area contributed by atoms with Crippen molar-refractivity contribution in [2.75, 3.05) is 40.3 Å². The van der Waals surface area contributed by atoms with Crippen molar-refractivity contribution >= 4 is 5.96 Å². The van der Waals surface area contributed by atoms with Crippen LogP contribution in [-0.2, 0) is 0 Å². The maximum Gasteiger partial charge on any atom is 0.191 e. The van der Waals surface area contributed by atoms with E-state index >= 15 is 0 Å². The maximum absolute atomic E-state index is 5.99. The number of nitrogens with zero attached hydrogens (tertiary/aromatic N) is 2. The summed E-state index contributed by atoms with van der Waals surface area (Å²) in [6.45, 7) is 12.0. The Morgan fingerprint density at radius 3 is 2.56 bits per heavy atom. The molecule has 0 aliphatic carbocycles. The molecule has 0 saturated carbocycles. The van der Waals surface area contributed by atoms with Crippen LogP contribution in [0.4, 0.5) is 0 Å². The van der Waals surface area contributed by atoms with E-state index in [4.69, 9.17) is 9.47 Å². The molecule has 0 spiro atoms. The van der Waals surface area contributed by atoms with Crippen LogP contribution in [-0.4, -0.2) is 63.3 Å². The van der Waals surface area contributed by atoms with Gasteiger partial charge in [-0.25, -0.2) is 0 Å². The summed E-state index contributed by atoms with van der Waals surface area (Å²) in [5.41, 5.74) is 1.22. The van der Waals surface area contributed by atoms with E-state index in [0.717, 1.165) is 49.9 Å². The number of rotatable bonds is 8. The van der Waals surface area contributed by atoms with Crippen molar-refractivity contribution in [2.45, 2.75) is 38.8 Å². The number of hydrogen-bond acceptors (Lipinski definition) is 4. The first-order valence-electron chi connectivity index (χ1n) is 9.65. The van der Waals surface area contributed by atoms with Crippen LogP contribution in [0.3, 0.4) is 0 Å². The summed E-state index contributed by atoms with van der Waals surface area (Å²) in [5, 5.41) is 6.89. The molecule has 27 heavy (non-hydrogen) atoms. The standard InChI is InChI=1S/C21H34N4O2/c1-16(2)15-25-12-10-18(11-13-25)24-21(22-4)23-14-17(3)27-20-9-7-6-8-19(20)26-5/h6-9,17-18H,1,10-15H2,2-5H3,(H2,22,23,24). The second-order valence-corrected chi connectivity index (χ2v) is 7.18. The van der Waals surface area contributed by atoms with E-state index in [1.54, 1.807) is 14.2 Å². The molecule has 1 aromatic carbocycles. The summed E-state index contributed by atoms with van der Waals surface area (Å²) in [4.78, 5) is 6.81. The van der Waals surface area contributed by atoms with Gasteiger partial charge in [-0.15, -0.1) is 0 Å². The number of benzene rings is 1. The first kappa shape index (κ1) is 21.1. The average Bonchev–Trinajstić information content (AvgIpc) is 2.66. The zero-order valence-electron chi connectivity index (χ0n) is 17.1. The summed E-state index contributed by atoms with van der Waals surface area (Å²) < 4.78 is 11.3. The minimum absolute atomic E-state index is 0.0164. The van der Waals surface area contributed by atoms with Gasteiger partial charge in [-0.3, -0.25) is 9.89 Å². The van der Waals surface area contributed by atoms with Gasteiger partial charge in [0, 0.05) is 32.7 Å². The summed E-state index contributed by atoms with van der Waals surface area (Å²) in [6.07, 6.45) is 2.21. The van der Waals surface area contributed by atoms with Gasteiger partial charge in [-0.05, 0) is 38.8 Å². The van der Waals surface area contributed by atoms with E-state index in [9.17, 15) is 0 Å². The van der Waals surface area contributed by atoms with Gasteiger partial charge in [-0.2, -0.15) is 0 Å². The van der Waals surface area contributed by atoms with Crippen LogP contribution in [0.2, 0.25) is 0 Å². The largest absolute Gasteiger partial charge is 0.493 e. The fraction of sp³-hybridized carbons (Fsp3) is 0.571. The topological polar surface area (TPSA) is 58.1 Å². The summed E-state index contributed by atoms with van der Waals surface area (Å²) in [6, 6.07) is 8.14. The van der Waals surface area contributed by atoms with Gasteiger partial charge < -0.3 is 20.1 Å². The molecule has 6 nitrogen and oxygen atoms in total. The highest BCUT2D eigenvalue weighted by molar-refractivity contribution is 5.80. The lowest BCUT2D eigenvalue weighted by atomic mass is 10.0. The molecular weight excluding hydrogens is 340 g/mol. The number of ether oxygens (including phenoxy) is 2. The molecule has 6 heteroatoms. The lowest BCUT2D eigenvalue weighted by Gasteiger charge is -2.33. The van der Waals surface area contributed by atoms with Crippen molar-refractivity contribution in [1.82, 2.24) is 15.5 Å². The number of para-hydroxylation sites is 2. The minimum atomic E-state index is -0.0164. The van der Waals surface area contributed by atoms with E-state index in [0.29, 0.717) is 12.6 Å². The molecule has 0 bridgehead atoms. The second-order valence-electron chi connectivity index (χ2n) is 7.18. The van der Waals surface area contributed by atoms with Gasteiger partial charge in [0.2, 0.25) is 0 Å². The van der Waals surface area contributed by atoms with Gasteiger partial charge in [0.25, 0.3) is 0 Å². The van der Waals surface area contributed by atoms with Crippen molar-refractivity contribution < 1.29 is 9.47 Å². The molecule has 0 amide bonds. The quantitative estimate of drug-likeness (QED) is 0.416. The lowest BCUT2D eigenvalue weighted by molar-refractivity contribution is 0.211. The lowest BCUT2D eigenvalue weighted by Crippen LogP contribution is -2.50. The van der Waals surface area contributed by atoms with Crippen molar-refractivity contribution in [1.29, 1.82) is 0 Å². The van der Waals surface area contributed by atoms with Crippen LogP contribution in [0.5, 0.6) is 11.5 Å². The number of likely N-dealkylation sites (tertiary alicyclic amines) is 1. The number of hydrogen-bond donors (Lipinski definition) is 2. The molecular formula is C21H34N4O2. The van der Waals surface area contributed by atoms with Crippen LogP contribution < -0.4 is 20.1 Å². The van der Waals surface area contributed by atoms with Crippen LogP contribution in [0, 0.1) is 0 Å². The fourth-order valence-corrected chi connectivity index (χ4v) is 3.22. The number of nitrogens with one attached hydrogen (secondary N) is 2. The highest BCUT2D eigenvalue weighted by Crippen LogP contribution is 2.26.